The molecule has 0 unspecified atom stereocenters. The molecule has 0 radical (unpaired) electrons. The third-order valence-corrected chi connectivity index (χ3v) is 2.48. The van der Waals surface area contributed by atoms with Crippen LogP contribution in [0, 0.1) is 0 Å². The van der Waals surface area contributed by atoms with Gasteiger partial charge in [-0.1, -0.05) is 0 Å². The summed E-state index contributed by atoms with van der Waals surface area (Å²) in [7, 11) is 2.13. The van der Waals surface area contributed by atoms with Crippen LogP contribution in [0.25, 0.3) is 0 Å². The number of hydrogen-bond acceptors (Lipinski definition) is 4. The van der Waals surface area contributed by atoms with E-state index in [1.807, 2.05) is 0 Å². The molecule has 0 atom stereocenters. The van der Waals surface area contributed by atoms with Crippen LogP contribution >= 0.6 is 0 Å². The lowest BCUT2D eigenvalue weighted by molar-refractivity contribution is 0.105. The molecule has 76 valence electrons. The molecule has 1 aliphatic rings. The summed E-state index contributed by atoms with van der Waals surface area (Å²) in [6, 6.07) is 2.30. The van der Waals surface area contributed by atoms with Crippen LogP contribution in [0.1, 0.15) is 12.8 Å². The van der Waals surface area contributed by atoms with Gasteiger partial charge in [-0.25, -0.2) is 9.97 Å². The third kappa shape index (κ3) is 2.42. The minimum Gasteiger partial charge on any atom is -0.460 e. The molecule has 0 bridgehead atoms. The number of piperidine rings is 1. The zero-order chi connectivity index (χ0) is 9.80. The van der Waals surface area contributed by atoms with Gasteiger partial charge in [-0.05, 0) is 26.0 Å². The lowest BCUT2D eigenvalue weighted by atomic mass is 10.1. The first kappa shape index (κ1) is 9.40. The molecule has 4 nitrogen and oxygen atoms in total. The van der Waals surface area contributed by atoms with E-state index in [-0.39, 0.29) is 6.10 Å². The number of aromatic nitrogens is 2. The van der Waals surface area contributed by atoms with Crippen molar-refractivity contribution in [3.05, 3.63) is 18.5 Å². The first-order valence-corrected chi connectivity index (χ1v) is 4.97. The fourth-order valence-corrected chi connectivity index (χ4v) is 1.60. The second-order valence-electron chi connectivity index (χ2n) is 3.65. The Morgan fingerprint density at radius 3 is 2.57 bits per heavy atom. The van der Waals surface area contributed by atoms with Crippen molar-refractivity contribution < 1.29 is 4.74 Å². The van der Waals surface area contributed by atoms with E-state index in [0.29, 0.717) is 6.01 Å². The van der Waals surface area contributed by atoms with Gasteiger partial charge >= 0.3 is 6.01 Å². The molecule has 0 aromatic carbocycles. The van der Waals surface area contributed by atoms with Gasteiger partial charge in [0.05, 0.1) is 0 Å². The van der Waals surface area contributed by atoms with Crippen LogP contribution in [0.15, 0.2) is 18.5 Å². The van der Waals surface area contributed by atoms with E-state index >= 15 is 0 Å². The molecule has 14 heavy (non-hydrogen) atoms. The third-order valence-electron chi connectivity index (χ3n) is 2.48. The molecule has 0 amide bonds. The monoisotopic (exact) mass is 193 g/mol. The molecule has 2 rings (SSSR count). The standard InChI is InChI=1S/C10H15N3O/c1-13-7-3-9(4-8-13)14-10-11-5-2-6-12-10/h2,5-6,9H,3-4,7-8H2,1H3. The van der Waals surface area contributed by atoms with Gasteiger partial charge < -0.3 is 9.64 Å². The maximum Gasteiger partial charge on any atom is 0.316 e. The Kier molecular flexibility index (Phi) is 2.93. The van der Waals surface area contributed by atoms with E-state index in [1.54, 1.807) is 18.5 Å². The summed E-state index contributed by atoms with van der Waals surface area (Å²) in [5.41, 5.74) is 0. The fraction of sp³-hybridized carbons (Fsp3) is 0.600. The molecule has 2 heterocycles. The molecular formula is C10H15N3O. The summed E-state index contributed by atoms with van der Waals surface area (Å²) in [6.07, 6.45) is 5.83. The van der Waals surface area contributed by atoms with Gasteiger partial charge in [0.2, 0.25) is 0 Å². The van der Waals surface area contributed by atoms with Crippen LogP contribution in [-0.2, 0) is 0 Å². The van der Waals surface area contributed by atoms with Crippen molar-refractivity contribution >= 4 is 0 Å². The molecule has 4 heteroatoms. The normalized spacial score (nSPS) is 19.5. The van der Waals surface area contributed by atoms with Crippen LogP contribution in [0.3, 0.4) is 0 Å². The Balaban J connectivity index is 1.87. The Bertz CT molecular complexity index is 270. The Labute approximate surface area is 83.9 Å². The minimum absolute atomic E-state index is 0.286. The van der Waals surface area contributed by atoms with Crippen LogP contribution in [0.4, 0.5) is 0 Å². The van der Waals surface area contributed by atoms with Gasteiger partial charge in [-0.2, -0.15) is 0 Å². The zero-order valence-corrected chi connectivity index (χ0v) is 8.39. The maximum absolute atomic E-state index is 5.65. The van der Waals surface area contributed by atoms with Crippen molar-refractivity contribution in [2.24, 2.45) is 0 Å². The highest BCUT2D eigenvalue weighted by Crippen LogP contribution is 2.13. The molecule has 1 aromatic rings. The van der Waals surface area contributed by atoms with Crippen molar-refractivity contribution in [1.82, 2.24) is 14.9 Å². The largest absolute Gasteiger partial charge is 0.460 e. The Hall–Kier alpha value is -1.16. The van der Waals surface area contributed by atoms with Crippen LogP contribution in [-0.4, -0.2) is 41.1 Å². The number of nitrogens with zero attached hydrogens (tertiary/aromatic N) is 3. The summed E-state index contributed by atoms with van der Waals surface area (Å²) < 4.78 is 5.65. The molecule has 0 N–H and O–H groups in total. The van der Waals surface area contributed by atoms with E-state index in [2.05, 4.69) is 21.9 Å². The predicted octanol–water partition coefficient (Wildman–Crippen LogP) is 0.950. The molecule has 0 spiro atoms. The molecular weight excluding hydrogens is 178 g/mol. The van der Waals surface area contributed by atoms with Crippen molar-refractivity contribution in [3.63, 3.8) is 0 Å². The average Bonchev–Trinajstić information content (AvgIpc) is 2.23. The second-order valence-corrected chi connectivity index (χ2v) is 3.65. The van der Waals surface area contributed by atoms with Crippen molar-refractivity contribution in [3.8, 4) is 6.01 Å². The van der Waals surface area contributed by atoms with Crippen LogP contribution < -0.4 is 4.74 Å². The van der Waals surface area contributed by atoms with E-state index < -0.39 is 0 Å². The molecule has 0 aliphatic carbocycles. The Morgan fingerprint density at radius 2 is 1.93 bits per heavy atom. The van der Waals surface area contributed by atoms with Gasteiger partial charge in [0, 0.05) is 25.5 Å². The fourth-order valence-electron chi connectivity index (χ4n) is 1.60. The summed E-state index contributed by atoms with van der Waals surface area (Å²) in [5, 5.41) is 0. The predicted molar refractivity (Wildman–Crippen MR) is 53.2 cm³/mol. The van der Waals surface area contributed by atoms with Crippen molar-refractivity contribution in [2.45, 2.75) is 18.9 Å². The summed E-state index contributed by atoms with van der Waals surface area (Å²) in [4.78, 5) is 10.4. The summed E-state index contributed by atoms with van der Waals surface area (Å²) in [5.74, 6) is 0. The number of ether oxygens (including phenoxy) is 1. The van der Waals surface area contributed by atoms with Gasteiger partial charge in [0.15, 0.2) is 0 Å². The lowest BCUT2D eigenvalue weighted by Gasteiger charge is -2.28. The zero-order valence-electron chi connectivity index (χ0n) is 8.39. The molecule has 0 saturated carbocycles. The minimum atomic E-state index is 0.286. The van der Waals surface area contributed by atoms with Crippen LogP contribution in [0.2, 0.25) is 0 Å². The SMILES string of the molecule is CN1CCC(Oc2ncccn2)CC1. The smallest absolute Gasteiger partial charge is 0.316 e. The van der Waals surface area contributed by atoms with E-state index in [1.165, 1.54) is 0 Å². The van der Waals surface area contributed by atoms with E-state index in [0.717, 1.165) is 25.9 Å². The van der Waals surface area contributed by atoms with Gasteiger partial charge in [0.1, 0.15) is 6.10 Å². The number of likely N-dealkylation sites (tertiary alicyclic amines) is 1. The summed E-state index contributed by atoms with van der Waals surface area (Å²) >= 11 is 0. The van der Waals surface area contributed by atoms with Crippen molar-refractivity contribution in [2.75, 3.05) is 20.1 Å². The number of hydrogen-bond donors (Lipinski definition) is 0. The van der Waals surface area contributed by atoms with E-state index in [9.17, 15) is 0 Å². The highest BCUT2D eigenvalue weighted by Gasteiger charge is 2.18. The van der Waals surface area contributed by atoms with Gasteiger partial charge in [0.25, 0.3) is 0 Å². The molecule has 1 fully saturated rings. The topological polar surface area (TPSA) is 38.2 Å². The van der Waals surface area contributed by atoms with Crippen molar-refractivity contribution in [1.29, 1.82) is 0 Å². The summed E-state index contributed by atoms with van der Waals surface area (Å²) in [6.45, 7) is 2.19. The first-order chi connectivity index (χ1) is 6.84. The molecule has 1 aliphatic heterocycles. The maximum atomic E-state index is 5.65. The molecule has 1 saturated heterocycles. The Morgan fingerprint density at radius 1 is 1.29 bits per heavy atom. The van der Waals surface area contributed by atoms with Gasteiger partial charge in [-0.3, -0.25) is 0 Å². The lowest BCUT2D eigenvalue weighted by Crippen LogP contribution is -2.35. The number of rotatable bonds is 2. The quantitative estimate of drug-likeness (QED) is 0.701. The highest BCUT2D eigenvalue weighted by molar-refractivity contribution is 4.94. The van der Waals surface area contributed by atoms with Crippen LogP contribution in [0.5, 0.6) is 6.01 Å². The second kappa shape index (κ2) is 4.37. The van der Waals surface area contributed by atoms with Gasteiger partial charge in [-0.15, -0.1) is 0 Å². The first-order valence-electron chi connectivity index (χ1n) is 4.97. The highest BCUT2D eigenvalue weighted by atomic mass is 16.5. The van der Waals surface area contributed by atoms with E-state index in [4.69, 9.17) is 4.74 Å². The average molecular weight is 193 g/mol. The molecule has 1 aromatic heterocycles.